The lowest BCUT2D eigenvalue weighted by molar-refractivity contribution is -0.385. The number of benzene rings is 2. The Morgan fingerprint density at radius 2 is 1.57 bits per heavy atom. The summed E-state index contributed by atoms with van der Waals surface area (Å²) in [4.78, 5) is 19.7. The molecule has 0 atom stereocenters. The number of non-ortho nitro benzene ring substituents is 1. The van der Waals surface area contributed by atoms with Gasteiger partial charge in [0.15, 0.2) is 0 Å². The Morgan fingerprint density at radius 1 is 0.957 bits per heavy atom. The minimum absolute atomic E-state index is 0.111. The molecular formula is C12H7ClN2O7S. The van der Waals surface area contributed by atoms with Crippen molar-refractivity contribution < 1.29 is 23.0 Å². The maximum Gasteiger partial charge on any atom is 0.312 e. The lowest BCUT2D eigenvalue weighted by Crippen LogP contribution is -1.97. The molecule has 0 saturated carbocycles. The van der Waals surface area contributed by atoms with E-state index < -0.39 is 29.5 Å². The molecule has 2 aromatic rings. The van der Waals surface area contributed by atoms with Gasteiger partial charge in [0, 0.05) is 28.9 Å². The minimum Gasteiger partial charge on any atom is -0.450 e. The Bertz CT molecular complexity index is 881. The second-order valence-electron chi connectivity index (χ2n) is 4.18. The second kappa shape index (κ2) is 6.18. The number of halogens is 1. The molecule has 0 aliphatic carbocycles. The third-order valence-electron chi connectivity index (χ3n) is 2.68. The van der Waals surface area contributed by atoms with E-state index in [-0.39, 0.29) is 17.2 Å². The highest BCUT2D eigenvalue weighted by molar-refractivity contribution is 8.13. The van der Waals surface area contributed by atoms with Crippen LogP contribution in [0.2, 0.25) is 0 Å². The lowest BCUT2D eigenvalue weighted by Gasteiger charge is -2.07. The van der Waals surface area contributed by atoms with Crippen molar-refractivity contribution in [2.45, 2.75) is 4.90 Å². The van der Waals surface area contributed by atoms with Crippen molar-refractivity contribution >= 4 is 31.1 Å². The van der Waals surface area contributed by atoms with E-state index in [4.69, 9.17) is 15.4 Å². The van der Waals surface area contributed by atoms with Gasteiger partial charge in [-0.2, -0.15) is 0 Å². The summed E-state index contributed by atoms with van der Waals surface area (Å²) in [5.74, 6) is -0.117. The summed E-state index contributed by atoms with van der Waals surface area (Å²) in [6.07, 6.45) is 0. The third kappa shape index (κ3) is 3.93. The molecule has 0 heterocycles. The van der Waals surface area contributed by atoms with E-state index >= 15 is 0 Å². The molecule has 0 bridgehead atoms. The number of nitrogens with zero attached hydrogens (tertiary/aromatic N) is 2. The molecule has 0 unspecified atom stereocenters. The molecule has 0 amide bonds. The third-order valence-corrected chi connectivity index (χ3v) is 4.04. The SMILES string of the molecule is O=[N+]([O-])c1ccc(Oc2ccc(S(=O)(=O)Cl)cc2[N+](=O)[O-])cc1. The predicted molar refractivity (Wildman–Crippen MR) is 79.3 cm³/mol. The maximum atomic E-state index is 11.2. The fraction of sp³-hybridized carbons (Fsp3) is 0. The molecule has 2 rings (SSSR count). The van der Waals surface area contributed by atoms with Gasteiger partial charge in [0.05, 0.1) is 14.7 Å². The molecule has 23 heavy (non-hydrogen) atoms. The van der Waals surface area contributed by atoms with Crippen molar-refractivity contribution in [3.63, 3.8) is 0 Å². The molecule has 11 heteroatoms. The topological polar surface area (TPSA) is 130 Å². The summed E-state index contributed by atoms with van der Waals surface area (Å²) in [5.41, 5.74) is -0.777. The van der Waals surface area contributed by atoms with Crippen molar-refractivity contribution in [2.75, 3.05) is 0 Å². The number of ether oxygens (including phenoxy) is 1. The van der Waals surface area contributed by atoms with Crippen molar-refractivity contribution in [3.8, 4) is 11.5 Å². The molecule has 0 fully saturated rings. The van der Waals surface area contributed by atoms with Crippen molar-refractivity contribution in [1.82, 2.24) is 0 Å². The zero-order valence-corrected chi connectivity index (χ0v) is 12.7. The Morgan fingerprint density at radius 3 is 2.04 bits per heavy atom. The zero-order chi connectivity index (χ0) is 17.2. The average Bonchev–Trinajstić information content (AvgIpc) is 2.46. The maximum absolute atomic E-state index is 11.2. The second-order valence-corrected chi connectivity index (χ2v) is 6.74. The number of hydrogen-bond donors (Lipinski definition) is 0. The van der Waals surface area contributed by atoms with Crippen LogP contribution in [0.4, 0.5) is 11.4 Å². The van der Waals surface area contributed by atoms with Gasteiger partial charge in [0.2, 0.25) is 5.75 Å². The number of nitro groups is 2. The van der Waals surface area contributed by atoms with Gasteiger partial charge in [-0.15, -0.1) is 0 Å². The minimum atomic E-state index is -4.13. The van der Waals surface area contributed by atoms with Crippen molar-refractivity contribution in [1.29, 1.82) is 0 Å². The quantitative estimate of drug-likeness (QED) is 0.455. The first-order valence-corrected chi connectivity index (χ1v) is 8.15. The van der Waals surface area contributed by atoms with E-state index in [1.54, 1.807) is 0 Å². The van der Waals surface area contributed by atoms with Crippen LogP contribution in [0.15, 0.2) is 47.4 Å². The van der Waals surface area contributed by atoms with Crippen LogP contribution in [0, 0.1) is 20.2 Å². The molecule has 0 spiro atoms. The summed E-state index contributed by atoms with van der Waals surface area (Å²) in [6, 6.07) is 7.74. The van der Waals surface area contributed by atoms with Gasteiger partial charge in [0.1, 0.15) is 5.75 Å². The van der Waals surface area contributed by atoms with E-state index in [0.29, 0.717) is 0 Å². The van der Waals surface area contributed by atoms with Crippen LogP contribution in [0.3, 0.4) is 0 Å². The van der Waals surface area contributed by atoms with Gasteiger partial charge in [-0.25, -0.2) is 8.42 Å². The van der Waals surface area contributed by atoms with E-state index in [0.717, 1.165) is 18.2 Å². The van der Waals surface area contributed by atoms with Crippen LogP contribution in [-0.4, -0.2) is 18.3 Å². The molecule has 0 aromatic heterocycles. The smallest absolute Gasteiger partial charge is 0.312 e. The van der Waals surface area contributed by atoms with Crippen LogP contribution in [0.1, 0.15) is 0 Å². The lowest BCUT2D eigenvalue weighted by atomic mass is 10.3. The summed E-state index contributed by atoms with van der Waals surface area (Å²) in [5, 5.41) is 21.6. The highest BCUT2D eigenvalue weighted by atomic mass is 35.7. The zero-order valence-electron chi connectivity index (χ0n) is 11.1. The molecular weight excluding hydrogens is 352 g/mol. The Labute approximate surface area is 133 Å². The van der Waals surface area contributed by atoms with Gasteiger partial charge in [-0.1, -0.05) is 0 Å². The largest absolute Gasteiger partial charge is 0.450 e. The van der Waals surface area contributed by atoms with Crippen LogP contribution >= 0.6 is 10.7 Å². The summed E-state index contributed by atoms with van der Waals surface area (Å²) >= 11 is 0. The fourth-order valence-corrected chi connectivity index (χ4v) is 2.41. The first-order valence-electron chi connectivity index (χ1n) is 5.84. The standard InChI is InChI=1S/C12H7ClN2O7S/c13-23(20,21)10-5-6-12(11(7-10)15(18)19)22-9-3-1-8(2-4-9)14(16)17/h1-7H. The molecule has 0 radical (unpaired) electrons. The predicted octanol–water partition coefficient (Wildman–Crippen LogP) is 3.22. The van der Waals surface area contributed by atoms with Gasteiger partial charge >= 0.3 is 5.69 Å². The Balaban J connectivity index is 2.39. The highest BCUT2D eigenvalue weighted by Gasteiger charge is 2.21. The Kier molecular flexibility index (Phi) is 4.48. The van der Waals surface area contributed by atoms with Gasteiger partial charge in [-0.3, -0.25) is 20.2 Å². The fourth-order valence-electron chi connectivity index (χ4n) is 1.64. The highest BCUT2D eigenvalue weighted by Crippen LogP contribution is 2.34. The van der Waals surface area contributed by atoms with E-state index in [2.05, 4.69) is 0 Å². The molecule has 0 aliphatic heterocycles. The molecule has 120 valence electrons. The number of rotatable bonds is 5. The molecule has 0 saturated heterocycles. The average molecular weight is 359 g/mol. The summed E-state index contributed by atoms with van der Waals surface area (Å²) < 4.78 is 27.7. The van der Waals surface area contributed by atoms with Crippen molar-refractivity contribution in [2.24, 2.45) is 0 Å². The molecule has 0 aliphatic rings. The van der Waals surface area contributed by atoms with Crippen LogP contribution in [-0.2, 0) is 9.05 Å². The summed E-state index contributed by atoms with van der Waals surface area (Å²) in [7, 11) is 1.01. The van der Waals surface area contributed by atoms with Crippen LogP contribution < -0.4 is 4.74 Å². The molecule has 2 aromatic carbocycles. The molecule has 9 nitrogen and oxygen atoms in total. The van der Waals surface area contributed by atoms with Crippen molar-refractivity contribution in [3.05, 3.63) is 62.7 Å². The van der Waals surface area contributed by atoms with Crippen LogP contribution in [0.25, 0.3) is 0 Å². The first-order chi connectivity index (χ1) is 10.7. The summed E-state index contributed by atoms with van der Waals surface area (Å²) in [6.45, 7) is 0. The van der Waals surface area contributed by atoms with E-state index in [1.165, 1.54) is 24.3 Å². The normalized spacial score (nSPS) is 11.0. The van der Waals surface area contributed by atoms with E-state index in [1.807, 2.05) is 0 Å². The van der Waals surface area contributed by atoms with E-state index in [9.17, 15) is 28.6 Å². The monoisotopic (exact) mass is 358 g/mol. The number of hydrogen-bond acceptors (Lipinski definition) is 7. The number of nitro benzene ring substituents is 2. The Hall–Kier alpha value is -2.72. The first kappa shape index (κ1) is 16.6. The van der Waals surface area contributed by atoms with Gasteiger partial charge < -0.3 is 4.74 Å². The van der Waals surface area contributed by atoms with Gasteiger partial charge in [0.25, 0.3) is 14.7 Å². The molecule has 0 N–H and O–H groups in total. The van der Waals surface area contributed by atoms with Crippen LogP contribution in [0.5, 0.6) is 11.5 Å². The van der Waals surface area contributed by atoms with Gasteiger partial charge in [-0.05, 0) is 24.3 Å².